The van der Waals surface area contributed by atoms with Crippen LogP contribution in [0.2, 0.25) is 0 Å². The first kappa shape index (κ1) is 22.6. The first-order valence-electron chi connectivity index (χ1n) is 10.4. The van der Waals surface area contributed by atoms with Gasteiger partial charge in [0, 0.05) is 35.5 Å². The minimum atomic E-state index is -0.532. The summed E-state index contributed by atoms with van der Waals surface area (Å²) < 4.78 is 5.40. The van der Waals surface area contributed by atoms with Crippen molar-refractivity contribution < 1.29 is 14.3 Å². The van der Waals surface area contributed by atoms with Gasteiger partial charge in [0.1, 0.15) is 10.0 Å². The van der Waals surface area contributed by atoms with Crippen molar-refractivity contribution in [1.29, 1.82) is 0 Å². The molecule has 1 fully saturated rings. The molecule has 168 valence electrons. The molecule has 0 aliphatic carbocycles. The standard InChI is InChI=1S/C23H26N4O3S2/c1-14-15(2)32-23(20(14)21(24)29)26-19(28)11-18-13-31-22(25-18)17-5-3-16(4-6-17)12-27-7-9-30-10-8-27/h3-6,13H,7-12H2,1-2H3,(H2,24,29)(H,26,28). The summed E-state index contributed by atoms with van der Waals surface area (Å²) in [6.45, 7) is 8.17. The lowest BCUT2D eigenvalue weighted by Crippen LogP contribution is -2.35. The summed E-state index contributed by atoms with van der Waals surface area (Å²) in [5.74, 6) is -0.748. The fraction of sp³-hybridized carbons (Fsp3) is 0.348. The molecule has 1 aliphatic heterocycles. The number of primary amides is 1. The van der Waals surface area contributed by atoms with Crippen molar-refractivity contribution in [2.75, 3.05) is 31.6 Å². The van der Waals surface area contributed by atoms with Crippen LogP contribution in [0.1, 0.15) is 32.1 Å². The van der Waals surface area contributed by atoms with Crippen molar-refractivity contribution >= 4 is 39.5 Å². The molecule has 3 heterocycles. The van der Waals surface area contributed by atoms with Gasteiger partial charge in [0.05, 0.1) is 30.9 Å². The number of morpholine rings is 1. The number of thiophene rings is 1. The number of ether oxygens (including phenoxy) is 1. The highest BCUT2D eigenvalue weighted by atomic mass is 32.1. The highest BCUT2D eigenvalue weighted by molar-refractivity contribution is 7.16. The second-order valence-corrected chi connectivity index (χ2v) is 9.89. The lowest BCUT2D eigenvalue weighted by molar-refractivity contribution is -0.115. The number of hydrogen-bond acceptors (Lipinski definition) is 7. The van der Waals surface area contributed by atoms with Gasteiger partial charge in [0.25, 0.3) is 5.91 Å². The van der Waals surface area contributed by atoms with Crippen molar-refractivity contribution in [3.05, 3.63) is 56.9 Å². The Hall–Kier alpha value is -2.59. The van der Waals surface area contributed by atoms with Gasteiger partial charge >= 0.3 is 0 Å². The zero-order valence-electron chi connectivity index (χ0n) is 18.1. The number of rotatable bonds is 7. The first-order chi connectivity index (χ1) is 15.4. The lowest BCUT2D eigenvalue weighted by atomic mass is 10.1. The van der Waals surface area contributed by atoms with Crippen LogP contribution in [-0.2, 0) is 22.5 Å². The maximum absolute atomic E-state index is 12.6. The molecule has 0 spiro atoms. The smallest absolute Gasteiger partial charge is 0.251 e. The van der Waals surface area contributed by atoms with Crippen molar-refractivity contribution in [2.24, 2.45) is 5.73 Å². The molecule has 0 bridgehead atoms. The topological polar surface area (TPSA) is 97.6 Å². The van der Waals surface area contributed by atoms with Crippen LogP contribution in [0.25, 0.3) is 10.6 Å². The summed E-state index contributed by atoms with van der Waals surface area (Å²) in [7, 11) is 0. The molecule has 0 unspecified atom stereocenters. The summed E-state index contributed by atoms with van der Waals surface area (Å²) in [6.07, 6.45) is 0.139. The zero-order chi connectivity index (χ0) is 22.7. The van der Waals surface area contributed by atoms with E-state index in [9.17, 15) is 9.59 Å². The van der Waals surface area contributed by atoms with Gasteiger partial charge in [-0.15, -0.1) is 22.7 Å². The normalized spacial score (nSPS) is 14.4. The van der Waals surface area contributed by atoms with Crippen LogP contribution in [0.5, 0.6) is 0 Å². The van der Waals surface area contributed by atoms with E-state index in [1.165, 1.54) is 28.2 Å². The fourth-order valence-electron chi connectivity index (χ4n) is 3.64. The van der Waals surface area contributed by atoms with E-state index in [2.05, 4.69) is 39.5 Å². The molecule has 1 saturated heterocycles. The summed E-state index contributed by atoms with van der Waals surface area (Å²) in [6, 6.07) is 8.42. The number of hydrogen-bond donors (Lipinski definition) is 2. The van der Waals surface area contributed by atoms with Crippen LogP contribution in [0.15, 0.2) is 29.6 Å². The minimum absolute atomic E-state index is 0.139. The Bertz CT molecular complexity index is 1110. The van der Waals surface area contributed by atoms with Gasteiger partial charge in [-0.1, -0.05) is 24.3 Å². The Labute approximate surface area is 195 Å². The number of benzene rings is 1. The predicted molar refractivity (Wildman–Crippen MR) is 128 cm³/mol. The third kappa shape index (κ3) is 5.24. The number of nitrogens with zero attached hydrogens (tertiary/aromatic N) is 2. The van der Waals surface area contributed by atoms with Gasteiger partial charge in [0.2, 0.25) is 5.91 Å². The molecule has 0 radical (unpaired) electrons. The number of carbonyl (C=O) groups is 2. The average molecular weight is 471 g/mol. The molecule has 0 saturated carbocycles. The average Bonchev–Trinajstić information content (AvgIpc) is 3.33. The van der Waals surface area contributed by atoms with Gasteiger partial charge in [-0.3, -0.25) is 14.5 Å². The molecule has 2 amide bonds. The number of nitrogens with one attached hydrogen (secondary N) is 1. The van der Waals surface area contributed by atoms with Crippen molar-refractivity contribution in [1.82, 2.24) is 9.88 Å². The Morgan fingerprint density at radius 2 is 1.91 bits per heavy atom. The Balaban J connectivity index is 1.38. The molecule has 7 nitrogen and oxygen atoms in total. The van der Waals surface area contributed by atoms with Gasteiger partial charge < -0.3 is 15.8 Å². The summed E-state index contributed by atoms with van der Waals surface area (Å²) in [4.78, 5) is 32.3. The summed E-state index contributed by atoms with van der Waals surface area (Å²) in [5.41, 5.74) is 9.68. The van der Waals surface area contributed by atoms with Gasteiger partial charge in [-0.2, -0.15) is 0 Å². The van der Waals surface area contributed by atoms with Gasteiger partial charge in [-0.05, 0) is 25.0 Å². The molecular weight excluding hydrogens is 444 g/mol. The molecule has 1 aliphatic rings. The number of carbonyl (C=O) groups excluding carboxylic acids is 2. The maximum Gasteiger partial charge on any atom is 0.251 e. The second kappa shape index (κ2) is 9.91. The van der Waals surface area contributed by atoms with E-state index in [1.807, 2.05) is 19.2 Å². The van der Waals surface area contributed by atoms with Crippen LogP contribution in [-0.4, -0.2) is 48.0 Å². The van der Waals surface area contributed by atoms with Gasteiger partial charge in [-0.25, -0.2) is 4.98 Å². The van der Waals surface area contributed by atoms with Crippen LogP contribution < -0.4 is 11.1 Å². The maximum atomic E-state index is 12.6. The van der Waals surface area contributed by atoms with E-state index in [0.717, 1.165) is 53.9 Å². The molecule has 3 aromatic rings. The van der Waals surface area contributed by atoms with Crippen LogP contribution in [0, 0.1) is 13.8 Å². The Kier molecular flexibility index (Phi) is 7.00. The third-order valence-electron chi connectivity index (χ3n) is 5.49. The molecule has 4 rings (SSSR count). The van der Waals surface area contributed by atoms with E-state index >= 15 is 0 Å². The first-order valence-corrected chi connectivity index (χ1v) is 12.1. The van der Waals surface area contributed by atoms with Crippen LogP contribution in [0.3, 0.4) is 0 Å². The van der Waals surface area contributed by atoms with Crippen molar-refractivity contribution in [3.63, 3.8) is 0 Å². The highest BCUT2D eigenvalue weighted by Gasteiger charge is 2.19. The van der Waals surface area contributed by atoms with Crippen molar-refractivity contribution in [3.8, 4) is 10.6 Å². The van der Waals surface area contributed by atoms with Gasteiger partial charge in [0.15, 0.2) is 0 Å². The van der Waals surface area contributed by atoms with E-state index < -0.39 is 5.91 Å². The van der Waals surface area contributed by atoms with E-state index in [4.69, 9.17) is 10.5 Å². The molecule has 32 heavy (non-hydrogen) atoms. The largest absolute Gasteiger partial charge is 0.379 e. The van der Waals surface area contributed by atoms with E-state index in [1.54, 1.807) is 0 Å². The Morgan fingerprint density at radius 3 is 2.59 bits per heavy atom. The number of thiazole rings is 1. The summed E-state index contributed by atoms with van der Waals surface area (Å²) in [5, 5.41) is 6.11. The molecular formula is C23H26N4O3S2. The van der Waals surface area contributed by atoms with Crippen molar-refractivity contribution in [2.45, 2.75) is 26.8 Å². The molecule has 3 N–H and O–H groups in total. The van der Waals surface area contributed by atoms with Crippen LogP contribution >= 0.6 is 22.7 Å². The second-order valence-electron chi connectivity index (χ2n) is 7.81. The number of nitrogens with two attached hydrogens (primary N) is 1. The highest BCUT2D eigenvalue weighted by Crippen LogP contribution is 2.32. The zero-order valence-corrected chi connectivity index (χ0v) is 19.8. The molecule has 0 atom stereocenters. The SMILES string of the molecule is Cc1sc(NC(=O)Cc2csc(-c3ccc(CN4CCOCC4)cc3)n2)c(C(N)=O)c1C. The lowest BCUT2D eigenvalue weighted by Gasteiger charge is -2.26. The van der Waals surface area contributed by atoms with E-state index in [0.29, 0.717) is 16.3 Å². The number of anilines is 1. The Morgan fingerprint density at radius 1 is 1.19 bits per heavy atom. The predicted octanol–water partition coefficient (Wildman–Crippen LogP) is 3.60. The number of amides is 2. The minimum Gasteiger partial charge on any atom is -0.379 e. The quantitative estimate of drug-likeness (QED) is 0.550. The molecule has 9 heteroatoms. The van der Waals surface area contributed by atoms with E-state index in [-0.39, 0.29) is 12.3 Å². The number of aryl methyl sites for hydroxylation is 1. The van der Waals surface area contributed by atoms with Crippen LogP contribution in [0.4, 0.5) is 5.00 Å². The molecule has 1 aromatic carbocycles. The number of aromatic nitrogens is 1. The fourth-order valence-corrected chi connectivity index (χ4v) is 5.55. The summed E-state index contributed by atoms with van der Waals surface area (Å²) >= 11 is 2.88. The molecule has 2 aromatic heterocycles. The third-order valence-corrected chi connectivity index (χ3v) is 7.55. The monoisotopic (exact) mass is 470 g/mol.